The number of hydroxylamine groups is 2. The van der Waals surface area contributed by atoms with E-state index in [1.807, 2.05) is 30.2 Å². The molecular formula is C20H29NO4. The van der Waals surface area contributed by atoms with Gasteiger partial charge in [-0.3, -0.25) is 9.63 Å². The van der Waals surface area contributed by atoms with Gasteiger partial charge in [-0.15, -0.1) is 0 Å². The van der Waals surface area contributed by atoms with Crippen LogP contribution < -0.4 is 4.74 Å². The van der Waals surface area contributed by atoms with Gasteiger partial charge in [-0.1, -0.05) is 12.1 Å². The van der Waals surface area contributed by atoms with Gasteiger partial charge in [0.05, 0.1) is 23.7 Å². The summed E-state index contributed by atoms with van der Waals surface area (Å²) >= 11 is 0. The van der Waals surface area contributed by atoms with Crippen molar-refractivity contribution in [2.45, 2.75) is 64.6 Å². The molecule has 25 heavy (non-hydrogen) atoms. The van der Waals surface area contributed by atoms with E-state index < -0.39 is 5.41 Å². The topological polar surface area (TPSA) is 59.0 Å². The van der Waals surface area contributed by atoms with E-state index in [1.165, 1.54) is 0 Å². The number of benzene rings is 1. The highest BCUT2D eigenvalue weighted by atomic mass is 16.7. The van der Waals surface area contributed by atoms with Crippen molar-refractivity contribution in [3.63, 3.8) is 0 Å². The van der Waals surface area contributed by atoms with Crippen molar-refractivity contribution in [3.8, 4) is 5.75 Å². The van der Waals surface area contributed by atoms with E-state index in [0.717, 1.165) is 0 Å². The third-order valence-corrected chi connectivity index (χ3v) is 5.31. The van der Waals surface area contributed by atoms with Crippen molar-refractivity contribution in [3.05, 3.63) is 29.8 Å². The first-order chi connectivity index (χ1) is 11.6. The van der Waals surface area contributed by atoms with Crippen LogP contribution in [-0.2, 0) is 4.84 Å². The molecule has 1 aromatic carbocycles. The first kappa shape index (κ1) is 18.4. The molecule has 0 bridgehead atoms. The largest absolute Gasteiger partial charge is 0.492 e. The summed E-state index contributed by atoms with van der Waals surface area (Å²) in [5.41, 5.74) is -0.731. The number of nitrogens with zero attached hydrogens (tertiary/aromatic N) is 1. The molecule has 1 atom stereocenters. The van der Waals surface area contributed by atoms with E-state index in [2.05, 4.69) is 27.7 Å². The van der Waals surface area contributed by atoms with Crippen LogP contribution in [0.15, 0.2) is 24.3 Å². The normalized spacial score (nSPS) is 29.1. The lowest BCUT2D eigenvalue weighted by Gasteiger charge is -2.53. The van der Waals surface area contributed by atoms with E-state index in [1.54, 1.807) is 6.07 Å². The molecule has 5 nitrogen and oxygen atoms in total. The second-order valence-electron chi connectivity index (χ2n) is 8.93. The standard InChI is InChI=1S/C20H29NO4/c1-18(2)10-14(22)11-19(3,4)21(18)25-13-20(5)12-24-16-9-7-6-8-15(16)17(20)23/h6-9,14,22H,10-13H2,1-5H3. The zero-order valence-corrected chi connectivity index (χ0v) is 15.8. The van der Waals surface area contributed by atoms with Crippen molar-refractivity contribution < 1.29 is 19.5 Å². The number of ether oxygens (including phenoxy) is 1. The van der Waals surface area contributed by atoms with Crippen molar-refractivity contribution in [1.82, 2.24) is 5.06 Å². The Hall–Kier alpha value is -1.43. The average Bonchev–Trinajstić information content (AvgIpc) is 2.49. The van der Waals surface area contributed by atoms with E-state index in [-0.39, 0.29) is 29.6 Å². The third-order valence-electron chi connectivity index (χ3n) is 5.31. The summed E-state index contributed by atoms with van der Waals surface area (Å²) < 4.78 is 5.81. The summed E-state index contributed by atoms with van der Waals surface area (Å²) in [4.78, 5) is 19.2. The Morgan fingerprint density at radius 3 is 2.40 bits per heavy atom. The molecule has 0 saturated carbocycles. The lowest BCUT2D eigenvalue weighted by molar-refractivity contribution is -0.300. The monoisotopic (exact) mass is 347 g/mol. The Balaban J connectivity index is 1.78. The maximum Gasteiger partial charge on any atom is 0.178 e. The minimum atomic E-state index is -0.726. The van der Waals surface area contributed by atoms with Crippen LogP contribution in [-0.4, -0.2) is 46.3 Å². The first-order valence-corrected chi connectivity index (χ1v) is 8.93. The van der Waals surface area contributed by atoms with Crippen LogP contribution in [0.25, 0.3) is 0 Å². The minimum absolute atomic E-state index is 0.0574. The Bertz CT molecular complexity index is 651. The van der Waals surface area contributed by atoms with E-state index in [0.29, 0.717) is 30.8 Å². The van der Waals surface area contributed by atoms with E-state index in [9.17, 15) is 9.90 Å². The molecular weight excluding hydrogens is 318 g/mol. The number of para-hydroxylation sites is 1. The summed E-state index contributed by atoms with van der Waals surface area (Å²) in [6, 6.07) is 7.35. The van der Waals surface area contributed by atoms with Gasteiger partial charge in [-0.05, 0) is 59.6 Å². The highest BCUT2D eigenvalue weighted by molar-refractivity contribution is 6.03. The fraction of sp³-hybridized carbons (Fsp3) is 0.650. The molecule has 1 N–H and O–H groups in total. The van der Waals surface area contributed by atoms with Crippen molar-refractivity contribution in [2.75, 3.05) is 13.2 Å². The molecule has 5 heteroatoms. The van der Waals surface area contributed by atoms with Gasteiger partial charge in [-0.2, -0.15) is 5.06 Å². The van der Waals surface area contributed by atoms with Crippen LogP contribution in [0.2, 0.25) is 0 Å². The van der Waals surface area contributed by atoms with Gasteiger partial charge in [0.2, 0.25) is 0 Å². The molecule has 1 fully saturated rings. The van der Waals surface area contributed by atoms with E-state index >= 15 is 0 Å². The van der Waals surface area contributed by atoms with E-state index in [4.69, 9.17) is 9.57 Å². The molecule has 0 amide bonds. The highest BCUT2D eigenvalue weighted by Gasteiger charge is 2.48. The molecule has 1 saturated heterocycles. The van der Waals surface area contributed by atoms with Crippen molar-refractivity contribution >= 4 is 5.78 Å². The average molecular weight is 347 g/mol. The number of fused-ring (bicyclic) bond motifs is 1. The molecule has 2 aliphatic heterocycles. The second-order valence-corrected chi connectivity index (χ2v) is 8.93. The Labute approximate surface area is 149 Å². The summed E-state index contributed by atoms with van der Waals surface area (Å²) in [7, 11) is 0. The summed E-state index contributed by atoms with van der Waals surface area (Å²) in [5.74, 6) is 0.703. The molecule has 0 radical (unpaired) electrons. The number of hydrogen-bond acceptors (Lipinski definition) is 5. The number of hydrogen-bond donors (Lipinski definition) is 1. The zero-order chi connectivity index (χ0) is 18.5. The molecule has 138 valence electrons. The van der Waals surface area contributed by atoms with Crippen LogP contribution >= 0.6 is 0 Å². The molecule has 3 rings (SSSR count). The van der Waals surface area contributed by atoms with Gasteiger partial charge in [0.15, 0.2) is 5.78 Å². The first-order valence-electron chi connectivity index (χ1n) is 8.93. The SMILES string of the molecule is CC1(CON2C(C)(C)CC(O)CC2(C)C)COc2ccccc2C1=O. The predicted octanol–water partition coefficient (Wildman–Crippen LogP) is 3.21. The van der Waals surface area contributed by atoms with Crippen LogP contribution in [0.5, 0.6) is 5.75 Å². The lowest BCUT2D eigenvalue weighted by Crippen LogP contribution is -2.62. The minimum Gasteiger partial charge on any atom is -0.492 e. The van der Waals surface area contributed by atoms with Crippen LogP contribution in [0.1, 0.15) is 57.8 Å². The fourth-order valence-electron chi connectivity index (χ4n) is 4.28. The quantitative estimate of drug-likeness (QED) is 0.910. The molecule has 1 aromatic rings. The number of carbonyl (C=O) groups excluding carboxylic acids is 1. The number of ketones is 1. The smallest absolute Gasteiger partial charge is 0.178 e. The maximum atomic E-state index is 13.0. The highest BCUT2D eigenvalue weighted by Crippen LogP contribution is 2.40. The number of aliphatic hydroxyl groups is 1. The molecule has 0 aliphatic carbocycles. The summed E-state index contributed by atoms with van der Waals surface area (Å²) in [6.45, 7) is 10.7. The summed E-state index contributed by atoms with van der Waals surface area (Å²) in [6.07, 6.45) is 0.938. The van der Waals surface area contributed by atoms with Gasteiger partial charge in [-0.25, -0.2) is 0 Å². The van der Waals surface area contributed by atoms with Gasteiger partial charge in [0.1, 0.15) is 12.4 Å². The van der Waals surface area contributed by atoms with Gasteiger partial charge in [0, 0.05) is 11.1 Å². The molecule has 1 unspecified atom stereocenters. The van der Waals surface area contributed by atoms with Crippen LogP contribution in [0.4, 0.5) is 0 Å². The lowest BCUT2D eigenvalue weighted by atomic mass is 9.80. The van der Waals surface area contributed by atoms with Gasteiger partial charge < -0.3 is 9.84 Å². The maximum absolute atomic E-state index is 13.0. The van der Waals surface area contributed by atoms with Gasteiger partial charge in [0.25, 0.3) is 0 Å². The zero-order valence-electron chi connectivity index (χ0n) is 15.8. The summed E-state index contributed by atoms with van der Waals surface area (Å²) in [5, 5.41) is 12.1. The number of carbonyl (C=O) groups is 1. The second kappa shape index (κ2) is 6.08. The van der Waals surface area contributed by atoms with Gasteiger partial charge >= 0.3 is 0 Å². The Kier molecular flexibility index (Phi) is 4.46. The molecule has 0 spiro atoms. The number of Topliss-reactive ketones (excluding diaryl/α,β-unsaturated/α-hetero) is 1. The molecule has 0 aromatic heterocycles. The Morgan fingerprint density at radius 2 is 1.76 bits per heavy atom. The number of piperidine rings is 1. The van der Waals surface area contributed by atoms with Crippen molar-refractivity contribution in [1.29, 1.82) is 0 Å². The van der Waals surface area contributed by atoms with Crippen LogP contribution in [0, 0.1) is 5.41 Å². The number of rotatable bonds is 3. The fourth-order valence-corrected chi connectivity index (χ4v) is 4.28. The number of aliphatic hydroxyl groups excluding tert-OH is 1. The third kappa shape index (κ3) is 3.33. The van der Waals surface area contributed by atoms with Crippen molar-refractivity contribution in [2.24, 2.45) is 5.41 Å². The predicted molar refractivity (Wildman–Crippen MR) is 95.6 cm³/mol. The van der Waals surface area contributed by atoms with Crippen LogP contribution in [0.3, 0.4) is 0 Å². The Morgan fingerprint density at radius 1 is 1.16 bits per heavy atom. The molecule has 2 heterocycles. The molecule has 2 aliphatic rings.